The first kappa shape index (κ1) is 23.1. The molecule has 0 aliphatic heterocycles. The van der Waals surface area contributed by atoms with E-state index in [1.807, 2.05) is 30.3 Å². The van der Waals surface area contributed by atoms with E-state index in [0.29, 0.717) is 0 Å². The highest BCUT2D eigenvalue weighted by Crippen LogP contribution is 2.05. The van der Waals surface area contributed by atoms with E-state index in [4.69, 9.17) is 10.5 Å². The van der Waals surface area contributed by atoms with E-state index in [1.165, 1.54) is 19.1 Å². The van der Waals surface area contributed by atoms with Crippen LogP contribution in [0.5, 0.6) is 0 Å². The van der Waals surface area contributed by atoms with Crippen molar-refractivity contribution in [3.8, 4) is 0 Å². The molecule has 0 bridgehead atoms. The van der Waals surface area contributed by atoms with Crippen LogP contribution in [0.2, 0.25) is 0 Å². The van der Waals surface area contributed by atoms with Crippen molar-refractivity contribution < 1.29 is 28.7 Å². The third-order valence-electron chi connectivity index (χ3n) is 3.87. The fraction of sp³-hybridized carbons (Fsp3) is 0.474. The van der Waals surface area contributed by atoms with Gasteiger partial charge in [-0.05, 0) is 12.0 Å². The first-order valence-corrected chi connectivity index (χ1v) is 8.88. The molecule has 0 unspecified atom stereocenters. The second kappa shape index (κ2) is 12.4. The zero-order chi connectivity index (χ0) is 20.9. The van der Waals surface area contributed by atoms with Gasteiger partial charge in [-0.1, -0.05) is 30.3 Å². The molecule has 0 radical (unpaired) electrons. The topological polar surface area (TPSA) is 128 Å². The second-order valence-electron chi connectivity index (χ2n) is 6.12. The highest BCUT2D eigenvalue weighted by atomic mass is 16.5. The molecule has 1 atom stereocenters. The smallest absolute Gasteiger partial charge is 0.328 e. The SMILES string of the molecule is COC(=O)[C@@H](CCC(=O)N(C)CC(=O)OCc1ccccc1)NC(=O)CCN. The minimum atomic E-state index is -0.952. The van der Waals surface area contributed by atoms with Crippen LogP contribution in [0.15, 0.2) is 30.3 Å². The van der Waals surface area contributed by atoms with Crippen LogP contribution >= 0.6 is 0 Å². The molecule has 1 aromatic rings. The van der Waals surface area contributed by atoms with Crippen LogP contribution in [0.25, 0.3) is 0 Å². The molecular weight excluding hydrogens is 366 g/mol. The molecule has 0 fully saturated rings. The number of esters is 2. The fourth-order valence-corrected chi connectivity index (χ4v) is 2.31. The number of carbonyl (C=O) groups is 4. The number of nitrogens with one attached hydrogen (secondary N) is 1. The number of nitrogens with zero attached hydrogens (tertiary/aromatic N) is 1. The van der Waals surface area contributed by atoms with E-state index < -0.39 is 23.9 Å². The predicted octanol–water partition coefficient (Wildman–Crippen LogP) is -0.0250. The van der Waals surface area contributed by atoms with Gasteiger partial charge in [0.05, 0.1) is 7.11 Å². The average Bonchev–Trinajstić information content (AvgIpc) is 2.69. The normalized spacial score (nSPS) is 11.2. The molecule has 2 amide bonds. The highest BCUT2D eigenvalue weighted by molar-refractivity contribution is 5.86. The summed E-state index contributed by atoms with van der Waals surface area (Å²) in [7, 11) is 2.66. The number of nitrogens with two attached hydrogens (primary N) is 1. The first-order chi connectivity index (χ1) is 13.4. The number of ether oxygens (including phenoxy) is 2. The lowest BCUT2D eigenvalue weighted by Crippen LogP contribution is -2.43. The van der Waals surface area contributed by atoms with Crippen LogP contribution in [0, 0.1) is 0 Å². The molecule has 0 saturated carbocycles. The number of likely N-dealkylation sites (N-methyl/N-ethyl adjacent to an activating group) is 1. The van der Waals surface area contributed by atoms with Crippen molar-refractivity contribution >= 4 is 23.8 Å². The van der Waals surface area contributed by atoms with Crippen LogP contribution in [-0.4, -0.2) is 61.9 Å². The molecule has 0 spiro atoms. The summed E-state index contributed by atoms with van der Waals surface area (Å²) in [5.41, 5.74) is 6.15. The Morgan fingerprint density at radius 3 is 2.43 bits per heavy atom. The van der Waals surface area contributed by atoms with Gasteiger partial charge in [0.15, 0.2) is 0 Å². The summed E-state index contributed by atoms with van der Waals surface area (Å²) in [6.45, 7) is 0.0554. The van der Waals surface area contributed by atoms with Crippen LogP contribution < -0.4 is 11.1 Å². The standard InChI is InChI=1S/C19H27N3O6/c1-22(12-18(25)28-13-14-6-4-3-5-7-14)17(24)9-8-15(19(26)27-2)21-16(23)10-11-20/h3-7,15H,8-13,20H2,1-2H3,(H,21,23)/t15-/m1/s1. The Hall–Kier alpha value is -2.94. The van der Waals surface area contributed by atoms with E-state index in [-0.39, 0.29) is 44.9 Å². The molecule has 1 aromatic carbocycles. The number of methoxy groups -OCH3 is 1. The van der Waals surface area contributed by atoms with Crippen molar-refractivity contribution in [2.45, 2.75) is 31.9 Å². The zero-order valence-electron chi connectivity index (χ0n) is 16.2. The molecule has 154 valence electrons. The van der Waals surface area contributed by atoms with Gasteiger partial charge >= 0.3 is 11.9 Å². The van der Waals surface area contributed by atoms with Gasteiger partial charge in [0, 0.05) is 26.4 Å². The summed E-state index contributed by atoms with van der Waals surface area (Å²) in [6, 6.07) is 8.23. The summed E-state index contributed by atoms with van der Waals surface area (Å²) >= 11 is 0. The lowest BCUT2D eigenvalue weighted by atomic mass is 10.1. The fourth-order valence-electron chi connectivity index (χ4n) is 2.31. The van der Waals surface area contributed by atoms with Gasteiger partial charge in [-0.2, -0.15) is 0 Å². The van der Waals surface area contributed by atoms with Crippen LogP contribution in [0.4, 0.5) is 0 Å². The highest BCUT2D eigenvalue weighted by Gasteiger charge is 2.23. The van der Waals surface area contributed by atoms with Gasteiger partial charge in [0.2, 0.25) is 11.8 Å². The minimum Gasteiger partial charge on any atom is -0.467 e. The Morgan fingerprint density at radius 2 is 1.82 bits per heavy atom. The molecule has 0 aliphatic rings. The van der Waals surface area contributed by atoms with Gasteiger partial charge in [-0.25, -0.2) is 4.79 Å². The summed E-state index contributed by atoms with van der Waals surface area (Å²) in [5, 5.41) is 2.49. The number of amides is 2. The van der Waals surface area contributed by atoms with E-state index >= 15 is 0 Å². The molecule has 1 rings (SSSR count). The largest absolute Gasteiger partial charge is 0.467 e. The molecular formula is C19H27N3O6. The molecule has 0 saturated heterocycles. The van der Waals surface area contributed by atoms with E-state index in [2.05, 4.69) is 10.1 Å². The Morgan fingerprint density at radius 1 is 1.14 bits per heavy atom. The number of hydrogen-bond acceptors (Lipinski definition) is 7. The van der Waals surface area contributed by atoms with Crippen molar-refractivity contribution in [2.75, 3.05) is 27.2 Å². The Labute approximate surface area is 164 Å². The maximum atomic E-state index is 12.2. The summed E-state index contributed by atoms with van der Waals surface area (Å²) in [6.07, 6.45) is 0.0605. The first-order valence-electron chi connectivity index (χ1n) is 8.88. The number of benzene rings is 1. The van der Waals surface area contributed by atoms with Crippen LogP contribution in [-0.2, 0) is 35.3 Å². The zero-order valence-corrected chi connectivity index (χ0v) is 16.2. The molecule has 0 aliphatic carbocycles. The molecule has 9 heteroatoms. The quantitative estimate of drug-likeness (QED) is 0.506. The maximum absolute atomic E-state index is 12.2. The van der Waals surface area contributed by atoms with Crippen molar-refractivity contribution in [3.05, 3.63) is 35.9 Å². The summed E-state index contributed by atoms with van der Waals surface area (Å²) in [4.78, 5) is 48.7. The van der Waals surface area contributed by atoms with Gasteiger partial charge < -0.3 is 25.4 Å². The van der Waals surface area contributed by atoms with Crippen molar-refractivity contribution in [2.24, 2.45) is 5.73 Å². The number of carbonyl (C=O) groups excluding carboxylic acids is 4. The van der Waals surface area contributed by atoms with Crippen LogP contribution in [0.1, 0.15) is 24.8 Å². The Balaban J connectivity index is 2.44. The lowest BCUT2D eigenvalue weighted by molar-refractivity contribution is -0.150. The van der Waals surface area contributed by atoms with E-state index in [1.54, 1.807) is 0 Å². The third kappa shape index (κ3) is 8.63. The molecule has 9 nitrogen and oxygen atoms in total. The minimum absolute atomic E-state index is 0.0468. The Bertz CT molecular complexity index is 665. The van der Waals surface area contributed by atoms with Gasteiger partial charge in [0.1, 0.15) is 19.2 Å². The predicted molar refractivity (Wildman–Crippen MR) is 101 cm³/mol. The van der Waals surface area contributed by atoms with Gasteiger partial charge in [-0.3, -0.25) is 14.4 Å². The molecule has 0 aromatic heterocycles. The summed E-state index contributed by atoms with van der Waals surface area (Å²) in [5.74, 6) is -1.95. The Kier molecular flexibility index (Phi) is 10.3. The monoisotopic (exact) mass is 393 g/mol. The van der Waals surface area contributed by atoms with Crippen molar-refractivity contribution in [1.82, 2.24) is 10.2 Å². The van der Waals surface area contributed by atoms with Crippen molar-refractivity contribution in [3.63, 3.8) is 0 Å². The van der Waals surface area contributed by atoms with Gasteiger partial charge in [-0.15, -0.1) is 0 Å². The summed E-state index contributed by atoms with van der Waals surface area (Å²) < 4.78 is 9.77. The van der Waals surface area contributed by atoms with Gasteiger partial charge in [0.25, 0.3) is 0 Å². The van der Waals surface area contributed by atoms with E-state index in [0.717, 1.165) is 5.56 Å². The number of rotatable bonds is 11. The molecule has 0 heterocycles. The maximum Gasteiger partial charge on any atom is 0.328 e. The molecule has 28 heavy (non-hydrogen) atoms. The van der Waals surface area contributed by atoms with Crippen LogP contribution in [0.3, 0.4) is 0 Å². The number of hydrogen-bond donors (Lipinski definition) is 2. The lowest BCUT2D eigenvalue weighted by Gasteiger charge is -2.19. The second-order valence-corrected chi connectivity index (χ2v) is 6.12. The third-order valence-corrected chi connectivity index (χ3v) is 3.87. The molecule has 3 N–H and O–H groups in total. The van der Waals surface area contributed by atoms with E-state index in [9.17, 15) is 19.2 Å². The average molecular weight is 393 g/mol. The van der Waals surface area contributed by atoms with Crippen molar-refractivity contribution in [1.29, 1.82) is 0 Å².